The maximum Gasteiger partial charge on any atom is 0.240 e. The fraction of sp³-hybridized carbons (Fsp3) is 0.350. The van der Waals surface area contributed by atoms with E-state index in [0.29, 0.717) is 5.69 Å². The van der Waals surface area contributed by atoms with Gasteiger partial charge in [0.2, 0.25) is 15.9 Å². The van der Waals surface area contributed by atoms with Gasteiger partial charge < -0.3 is 5.32 Å². The molecule has 0 saturated heterocycles. The molecule has 2 N–H and O–H groups in total. The van der Waals surface area contributed by atoms with Gasteiger partial charge in [-0.2, -0.15) is 0 Å². The number of anilines is 1. The van der Waals surface area contributed by atoms with Crippen LogP contribution in [0.3, 0.4) is 0 Å². The highest BCUT2D eigenvalue weighted by Gasteiger charge is 2.20. The van der Waals surface area contributed by atoms with Gasteiger partial charge in [0.05, 0.1) is 10.8 Å². The van der Waals surface area contributed by atoms with Gasteiger partial charge in [0, 0.05) is 11.7 Å². The maximum atomic E-state index is 12.7. The summed E-state index contributed by atoms with van der Waals surface area (Å²) in [6.07, 6.45) is 1.64. The van der Waals surface area contributed by atoms with Gasteiger partial charge in [0.15, 0.2) is 0 Å². The van der Waals surface area contributed by atoms with Crippen LogP contribution < -0.4 is 10.0 Å². The molecule has 0 radical (unpaired) electrons. The molecule has 0 spiro atoms. The average Bonchev–Trinajstić information content (AvgIpc) is 2.59. The molecule has 0 aliphatic carbocycles. The van der Waals surface area contributed by atoms with Crippen molar-refractivity contribution in [2.24, 2.45) is 0 Å². The first kappa shape index (κ1) is 20.1. The van der Waals surface area contributed by atoms with Crippen LogP contribution in [0.4, 0.5) is 5.69 Å². The Labute approximate surface area is 155 Å². The molecule has 140 valence electrons. The predicted octanol–water partition coefficient (Wildman–Crippen LogP) is 3.90. The van der Waals surface area contributed by atoms with Crippen molar-refractivity contribution in [2.75, 3.05) is 5.32 Å². The topological polar surface area (TPSA) is 75.3 Å². The first-order valence-corrected chi connectivity index (χ1v) is 10.3. The Morgan fingerprint density at radius 3 is 2.15 bits per heavy atom. The summed E-state index contributed by atoms with van der Waals surface area (Å²) in [6, 6.07) is 15.7. The molecule has 0 aliphatic heterocycles. The second-order valence-electron chi connectivity index (χ2n) is 6.54. The largest absolute Gasteiger partial charge is 0.326 e. The predicted molar refractivity (Wildman–Crippen MR) is 105 cm³/mol. The van der Waals surface area contributed by atoms with Crippen LogP contribution in [0.25, 0.3) is 0 Å². The number of benzene rings is 2. The average molecular weight is 375 g/mol. The van der Waals surface area contributed by atoms with Crippen LogP contribution in [0.5, 0.6) is 0 Å². The van der Waals surface area contributed by atoms with Gasteiger partial charge in [0.1, 0.15) is 0 Å². The lowest BCUT2D eigenvalue weighted by atomic mass is 9.93. The van der Waals surface area contributed by atoms with E-state index in [1.54, 1.807) is 26.0 Å². The Morgan fingerprint density at radius 2 is 1.62 bits per heavy atom. The van der Waals surface area contributed by atoms with Gasteiger partial charge in [-0.05, 0) is 50.1 Å². The fourth-order valence-corrected chi connectivity index (χ4v) is 4.00. The van der Waals surface area contributed by atoms with Gasteiger partial charge in [-0.25, -0.2) is 13.1 Å². The first-order chi connectivity index (χ1) is 12.3. The van der Waals surface area contributed by atoms with E-state index in [-0.39, 0.29) is 22.8 Å². The van der Waals surface area contributed by atoms with Crippen molar-refractivity contribution in [3.05, 3.63) is 60.2 Å². The molecule has 26 heavy (non-hydrogen) atoms. The molecule has 0 aromatic heterocycles. The number of carbonyl (C=O) groups excluding carboxylic acids is 1. The van der Waals surface area contributed by atoms with Crippen molar-refractivity contribution < 1.29 is 13.2 Å². The van der Waals surface area contributed by atoms with Crippen LogP contribution in [-0.4, -0.2) is 20.4 Å². The number of carbonyl (C=O) groups is 1. The zero-order valence-electron chi connectivity index (χ0n) is 15.4. The summed E-state index contributed by atoms with van der Waals surface area (Å²) in [7, 11) is -3.54. The minimum Gasteiger partial charge on any atom is -0.326 e. The van der Waals surface area contributed by atoms with Gasteiger partial charge in [-0.3, -0.25) is 4.79 Å². The molecule has 0 unspecified atom stereocenters. The van der Waals surface area contributed by atoms with Gasteiger partial charge in [-0.1, -0.05) is 43.7 Å². The van der Waals surface area contributed by atoms with Gasteiger partial charge in [-0.15, -0.1) is 0 Å². The van der Waals surface area contributed by atoms with E-state index < -0.39 is 10.0 Å². The van der Waals surface area contributed by atoms with Crippen LogP contribution in [0.1, 0.15) is 45.1 Å². The third-order valence-corrected chi connectivity index (χ3v) is 5.59. The van der Waals surface area contributed by atoms with Crippen LogP contribution >= 0.6 is 0 Å². The monoisotopic (exact) mass is 374 g/mol. The lowest BCUT2D eigenvalue weighted by molar-refractivity contribution is -0.117. The summed E-state index contributed by atoms with van der Waals surface area (Å²) in [5.41, 5.74) is 1.56. The lowest BCUT2D eigenvalue weighted by Crippen LogP contribution is -2.30. The smallest absolute Gasteiger partial charge is 0.240 e. The lowest BCUT2D eigenvalue weighted by Gasteiger charge is -2.17. The van der Waals surface area contributed by atoms with Gasteiger partial charge >= 0.3 is 0 Å². The van der Waals surface area contributed by atoms with Crippen molar-refractivity contribution in [1.82, 2.24) is 4.72 Å². The summed E-state index contributed by atoms with van der Waals surface area (Å²) in [5.74, 6) is -0.318. The Kier molecular flexibility index (Phi) is 6.94. The van der Waals surface area contributed by atoms with Crippen molar-refractivity contribution in [2.45, 2.75) is 50.5 Å². The minimum absolute atomic E-state index is 0.0889. The summed E-state index contributed by atoms with van der Waals surface area (Å²) >= 11 is 0. The highest BCUT2D eigenvalue weighted by molar-refractivity contribution is 7.89. The molecule has 5 nitrogen and oxygen atoms in total. The second kappa shape index (κ2) is 8.96. The maximum absolute atomic E-state index is 12.7. The SMILES string of the molecule is CCC[C@@H](C(=O)Nc1ccc(S(=O)(=O)NC(C)C)cc1)c1ccccc1. The van der Waals surface area contributed by atoms with Gasteiger partial charge in [0.25, 0.3) is 0 Å². The third kappa shape index (κ3) is 5.41. The van der Waals surface area contributed by atoms with Crippen molar-refractivity contribution >= 4 is 21.6 Å². The molecule has 6 heteroatoms. The zero-order chi connectivity index (χ0) is 19.2. The Hall–Kier alpha value is -2.18. The first-order valence-electron chi connectivity index (χ1n) is 8.81. The van der Waals surface area contributed by atoms with E-state index >= 15 is 0 Å². The Balaban J connectivity index is 2.13. The number of nitrogens with one attached hydrogen (secondary N) is 2. The van der Waals surface area contributed by atoms with E-state index in [9.17, 15) is 13.2 Å². The highest BCUT2D eigenvalue weighted by atomic mass is 32.2. The van der Waals surface area contributed by atoms with E-state index in [1.165, 1.54) is 12.1 Å². The number of sulfonamides is 1. The minimum atomic E-state index is -3.54. The Bertz CT molecular complexity index is 816. The number of rotatable bonds is 8. The molecule has 0 bridgehead atoms. The molecule has 1 atom stereocenters. The molecule has 1 amide bonds. The van der Waals surface area contributed by atoms with E-state index in [2.05, 4.69) is 10.0 Å². The van der Waals surface area contributed by atoms with Crippen molar-refractivity contribution in [3.63, 3.8) is 0 Å². The van der Waals surface area contributed by atoms with Crippen LogP contribution in [0.2, 0.25) is 0 Å². The van der Waals surface area contributed by atoms with Crippen molar-refractivity contribution in [1.29, 1.82) is 0 Å². The number of amides is 1. The second-order valence-corrected chi connectivity index (χ2v) is 8.26. The van der Waals surface area contributed by atoms with Crippen molar-refractivity contribution in [3.8, 4) is 0 Å². The molecule has 2 aromatic rings. The van der Waals surface area contributed by atoms with Crippen LogP contribution in [0.15, 0.2) is 59.5 Å². The fourth-order valence-electron chi connectivity index (χ4n) is 2.75. The molecule has 0 heterocycles. The standard InChI is InChI=1S/C20H26N2O3S/c1-4-8-19(16-9-6-5-7-10-16)20(23)21-17-11-13-18(14-12-17)26(24,25)22-15(2)3/h5-7,9-15,19,22H,4,8H2,1-3H3,(H,21,23)/t19-/m1/s1. The molecule has 0 aliphatic rings. The zero-order valence-corrected chi connectivity index (χ0v) is 16.2. The quantitative estimate of drug-likeness (QED) is 0.736. The summed E-state index contributed by atoms with van der Waals surface area (Å²) < 4.78 is 26.8. The third-order valence-electron chi connectivity index (χ3n) is 3.92. The van der Waals surface area contributed by atoms with Crippen LogP contribution in [0, 0.1) is 0 Å². The van der Waals surface area contributed by atoms with E-state index in [4.69, 9.17) is 0 Å². The molecule has 0 fully saturated rings. The summed E-state index contributed by atoms with van der Waals surface area (Å²) in [5, 5.41) is 2.89. The summed E-state index contributed by atoms with van der Waals surface area (Å²) in [4.78, 5) is 12.9. The number of hydrogen-bond acceptors (Lipinski definition) is 3. The van der Waals surface area contributed by atoms with E-state index in [1.807, 2.05) is 37.3 Å². The van der Waals surface area contributed by atoms with E-state index in [0.717, 1.165) is 18.4 Å². The molecular weight excluding hydrogens is 348 g/mol. The van der Waals surface area contributed by atoms with Crippen LogP contribution in [-0.2, 0) is 14.8 Å². The normalized spacial score (nSPS) is 12.8. The highest BCUT2D eigenvalue weighted by Crippen LogP contribution is 2.23. The molecule has 2 rings (SSSR count). The number of hydrogen-bond donors (Lipinski definition) is 2. The summed E-state index contributed by atoms with van der Waals surface area (Å²) in [6.45, 7) is 5.58. The molecule has 2 aromatic carbocycles. The molecule has 0 saturated carbocycles. The Morgan fingerprint density at radius 1 is 1.00 bits per heavy atom. The molecular formula is C20H26N2O3S.